The van der Waals surface area contributed by atoms with Crippen LogP contribution in [-0.4, -0.2) is 44.2 Å². The standard InChI is InChI=1S/C20H26FN3O/c21-19-6-4-17(5-7-19)16-25-20-3-1-2-18(14-20)15-23-10-13-24-11-8-22-9-12-24/h1-7,14,22-23H,8-13,15-16H2. The van der Waals surface area contributed by atoms with Gasteiger partial charge in [-0.3, -0.25) is 4.90 Å². The molecule has 1 fully saturated rings. The van der Waals surface area contributed by atoms with Gasteiger partial charge in [0.25, 0.3) is 0 Å². The van der Waals surface area contributed by atoms with Gasteiger partial charge in [0.15, 0.2) is 0 Å². The van der Waals surface area contributed by atoms with Crippen LogP contribution < -0.4 is 15.4 Å². The van der Waals surface area contributed by atoms with Crippen LogP contribution in [0.25, 0.3) is 0 Å². The van der Waals surface area contributed by atoms with Gasteiger partial charge < -0.3 is 15.4 Å². The topological polar surface area (TPSA) is 36.5 Å². The third-order valence-corrected chi connectivity index (χ3v) is 4.36. The number of ether oxygens (including phenoxy) is 1. The molecule has 134 valence electrons. The number of hydrogen-bond acceptors (Lipinski definition) is 4. The van der Waals surface area contributed by atoms with E-state index < -0.39 is 0 Å². The summed E-state index contributed by atoms with van der Waals surface area (Å²) >= 11 is 0. The first-order chi connectivity index (χ1) is 12.3. The highest BCUT2D eigenvalue weighted by molar-refractivity contribution is 5.29. The van der Waals surface area contributed by atoms with Gasteiger partial charge in [-0.1, -0.05) is 24.3 Å². The van der Waals surface area contributed by atoms with E-state index in [1.54, 1.807) is 12.1 Å². The van der Waals surface area contributed by atoms with Crippen LogP contribution in [0.1, 0.15) is 11.1 Å². The van der Waals surface area contributed by atoms with E-state index in [0.29, 0.717) is 6.61 Å². The van der Waals surface area contributed by atoms with Gasteiger partial charge >= 0.3 is 0 Å². The maximum absolute atomic E-state index is 12.9. The maximum Gasteiger partial charge on any atom is 0.123 e. The normalized spacial score (nSPS) is 15.2. The molecule has 5 heteroatoms. The Bertz CT molecular complexity index is 642. The molecule has 0 bridgehead atoms. The monoisotopic (exact) mass is 343 g/mol. The Kier molecular flexibility index (Phi) is 6.79. The number of piperazine rings is 1. The Morgan fingerprint density at radius 2 is 1.84 bits per heavy atom. The van der Waals surface area contributed by atoms with E-state index in [4.69, 9.17) is 4.74 Å². The quantitative estimate of drug-likeness (QED) is 0.722. The van der Waals surface area contributed by atoms with Gasteiger partial charge in [-0.25, -0.2) is 4.39 Å². The summed E-state index contributed by atoms with van der Waals surface area (Å²) in [4.78, 5) is 2.48. The number of rotatable bonds is 8. The molecule has 4 nitrogen and oxygen atoms in total. The molecule has 0 aromatic heterocycles. The average Bonchev–Trinajstić information content (AvgIpc) is 2.66. The van der Waals surface area contributed by atoms with Gasteiger partial charge in [-0.05, 0) is 35.4 Å². The summed E-state index contributed by atoms with van der Waals surface area (Å²) < 4.78 is 18.7. The summed E-state index contributed by atoms with van der Waals surface area (Å²) in [5.41, 5.74) is 2.16. The van der Waals surface area contributed by atoms with Crippen LogP contribution in [0, 0.1) is 5.82 Å². The molecule has 0 aliphatic carbocycles. The second kappa shape index (κ2) is 9.51. The number of nitrogens with one attached hydrogen (secondary N) is 2. The Labute approximate surface area is 149 Å². The van der Waals surface area contributed by atoms with Crippen molar-refractivity contribution in [3.63, 3.8) is 0 Å². The Balaban J connectivity index is 1.40. The SMILES string of the molecule is Fc1ccc(COc2cccc(CNCCN3CCNCC3)c2)cc1. The molecule has 2 N–H and O–H groups in total. The molecule has 1 heterocycles. The van der Waals surface area contributed by atoms with Crippen LogP contribution in [0.3, 0.4) is 0 Å². The second-order valence-electron chi connectivity index (χ2n) is 6.33. The number of halogens is 1. The number of nitrogens with zero attached hydrogens (tertiary/aromatic N) is 1. The minimum atomic E-state index is -0.224. The van der Waals surface area contributed by atoms with E-state index in [0.717, 1.165) is 57.1 Å². The van der Waals surface area contributed by atoms with E-state index in [2.05, 4.69) is 27.7 Å². The van der Waals surface area contributed by atoms with Gasteiger partial charge in [-0.15, -0.1) is 0 Å². The molecule has 0 atom stereocenters. The van der Waals surface area contributed by atoms with E-state index in [1.807, 2.05) is 12.1 Å². The van der Waals surface area contributed by atoms with Gasteiger partial charge in [-0.2, -0.15) is 0 Å². The van der Waals surface area contributed by atoms with Crippen molar-refractivity contribution < 1.29 is 9.13 Å². The van der Waals surface area contributed by atoms with E-state index in [1.165, 1.54) is 17.7 Å². The largest absolute Gasteiger partial charge is 0.489 e. The third kappa shape index (κ3) is 6.12. The molecular formula is C20H26FN3O. The van der Waals surface area contributed by atoms with Gasteiger partial charge in [0.2, 0.25) is 0 Å². The smallest absolute Gasteiger partial charge is 0.123 e. The minimum Gasteiger partial charge on any atom is -0.489 e. The highest BCUT2D eigenvalue weighted by Gasteiger charge is 2.08. The van der Waals surface area contributed by atoms with Crippen molar-refractivity contribution in [2.24, 2.45) is 0 Å². The van der Waals surface area contributed by atoms with Crippen molar-refractivity contribution in [3.8, 4) is 5.75 Å². The van der Waals surface area contributed by atoms with E-state index in [9.17, 15) is 4.39 Å². The lowest BCUT2D eigenvalue weighted by Gasteiger charge is -2.27. The molecule has 0 spiro atoms. The molecule has 0 radical (unpaired) electrons. The van der Waals surface area contributed by atoms with Crippen LogP contribution in [-0.2, 0) is 13.2 Å². The molecule has 0 saturated carbocycles. The first-order valence-corrected chi connectivity index (χ1v) is 8.89. The first kappa shape index (κ1) is 17.9. The van der Waals surface area contributed by atoms with Crippen molar-refractivity contribution in [1.29, 1.82) is 0 Å². The summed E-state index contributed by atoms with van der Waals surface area (Å²) in [6.07, 6.45) is 0. The summed E-state index contributed by atoms with van der Waals surface area (Å²) in [5.74, 6) is 0.614. The van der Waals surface area contributed by atoms with Crippen LogP contribution in [0.4, 0.5) is 4.39 Å². The summed E-state index contributed by atoms with van der Waals surface area (Å²) in [6.45, 7) is 7.80. The zero-order chi connectivity index (χ0) is 17.3. The first-order valence-electron chi connectivity index (χ1n) is 8.89. The van der Waals surface area contributed by atoms with Crippen molar-refractivity contribution >= 4 is 0 Å². The van der Waals surface area contributed by atoms with Crippen LogP contribution in [0.5, 0.6) is 5.75 Å². The minimum absolute atomic E-state index is 0.224. The van der Waals surface area contributed by atoms with Gasteiger partial charge in [0.1, 0.15) is 18.2 Å². The predicted molar refractivity (Wildman–Crippen MR) is 98.2 cm³/mol. The lowest BCUT2D eigenvalue weighted by molar-refractivity contribution is 0.241. The zero-order valence-corrected chi connectivity index (χ0v) is 14.5. The Morgan fingerprint density at radius 3 is 2.64 bits per heavy atom. The molecule has 1 aliphatic heterocycles. The van der Waals surface area contributed by atoms with Crippen LogP contribution in [0.15, 0.2) is 48.5 Å². The van der Waals surface area contributed by atoms with Crippen molar-refractivity contribution in [3.05, 3.63) is 65.5 Å². The fourth-order valence-corrected chi connectivity index (χ4v) is 2.90. The lowest BCUT2D eigenvalue weighted by atomic mass is 10.2. The summed E-state index contributed by atoms with van der Waals surface area (Å²) in [7, 11) is 0. The van der Waals surface area contributed by atoms with Crippen molar-refractivity contribution in [2.45, 2.75) is 13.2 Å². The van der Waals surface area contributed by atoms with Gasteiger partial charge in [0.05, 0.1) is 0 Å². The second-order valence-corrected chi connectivity index (χ2v) is 6.33. The maximum atomic E-state index is 12.9. The van der Waals surface area contributed by atoms with Crippen molar-refractivity contribution in [1.82, 2.24) is 15.5 Å². The van der Waals surface area contributed by atoms with Crippen molar-refractivity contribution in [2.75, 3.05) is 39.3 Å². The predicted octanol–water partition coefficient (Wildman–Crippen LogP) is 2.40. The highest BCUT2D eigenvalue weighted by atomic mass is 19.1. The molecule has 3 rings (SSSR count). The molecule has 25 heavy (non-hydrogen) atoms. The fourth-order valence-electron chi connectivity index (χ4n) is 2.90. The molecular weight excluding hydrogens is 317 g/mol. The fraction of sp³-hybridized carbons (Fsp3) is 0.400. The van der Waals surface area contributed by atoms with E-state index >= 15 is 0 Å². The van der Waals surface area contributed by atoms with E-state index in [-0.39, 0.29) is 5.82 Å². The number of benzene rings is 2. The molecule has 2 aromatic carbocycles. The molecule has 2 aromatic rings. The van der Waals surface area contributed by atoms with Crippen LogP contribution >= 0.6 is 0 Å². The Hall–Kier alpha value is -1.95. The molecule has 1 saturated heterocycles. The zero-order valence-electron chi connectivity index (χ0n) is 14.5. The third-order valence-electron chi connectivity index (χ3n) is 4.36. The number of hydrogen-bond donors (Lipinski definition) is 2. The van der Waals surface area contributed by atoms with Gasteiger partial charge in [0, 0.05) is 45.8 Å². The lowest BCUT2D eigenvalue weighted by Crippen LogP contribution is -2.45. The highest BCUT2D eigenvalue weighted by Crippen LogP contribution is 2.15. The summed E-state index contributed by atoms with van der Waals surface area (Å²) in [6, 6.07) is 14.5. The Morgan fingerprint density at radius 1 is 1.04 bits per heavy atom. The average molecular weight is 343 g/mol. The molecule has 0 amide bonds. The molecule has 0 unspecified atom stereocenters. The summed E-state index contributed by atoms with van der Waals surface area (Å²) in [5, 5.41) is 6.87. The van der Waals surface area contributed by atoms with Crippen LogP contribution in [0.2, 0.25) is 0 Å². The molecule has 1 aliphatic rings.